The molecule has 7 nitrogen and oxygen atoms in total. The molecule has 0 atom stereocenters. The molecule has 2 saturated carbocycles. The van der Waals surface area contributed by atoms with E-state index in [9.17, 15) is 18.8 Å². The van der Waals surface area contributed by atoms with Crippen LogP contribution in [0.3, 0.4) is 0 Å². The van der Waals surface area contributed by atoms with E-state index < -0.39 is 17.7 Å². The number of hydrogen-bond acceptors (Lipinski definition) is 4. The Balaban J connectivity index is 1.20. The molecule has 0 unspecified atom stereocenters. The van der Waals surface area contributed by atoms with Gasteiger partial charge in [-0.3, -0.25) is 14.4 Å². The van der Waals surface area contributed by atoms with Crippen LogP contribution < -0.4 is 15.4 Å². The van der Waals surface area contributed by atoms with Gasteiger partial charge in [-0.15, -0.1) is 0 Å². The summed E-state index contributed by atoms with van der Waals surface area (Å²) in [6, 6.07) is 11.6. The van der Waals surface area contributed by atoms with Crippen LogP contribution in [0.25, 0.3) is 0 Å². The second-order valence-corrected chi connectivity index (χ2v) is 8.98. The van der Waals surface area contributed by atoms with E-state index in [0.717, 1.165) is 6.07 Å². The molecule has 2 aromatic rings. The number of benzene rings is 2. The van der Waals surface area contributed by atoms with Gasteiger partial charge in [0.2, 0.25) is 0 Å². The summed E-state index contributed by atoms with van der Waals surface area (Å²) >= 11 is 0. The molecular formula is C26H29FN2O5. The highest BCUT2D eigenvalue weighted by molar-refractivity contribution is 5.95. The van der Waals surface area contributed by atoms with E-state index in [1.807, 2.05) is 24.3 Å². The van der Waals surface area contributed by atoms with Crippen LogP contribution >= 0.6 is 0 Å². The Kier molecular flexibility index (Phi) is 7.45. The molecule has 0 saturated heterocycles. The Morgan fingerprint density at radius 2 is 1.44 bits per heavy atom. The van der Waals surface area contributed by atoms with Crippen molar-refractivity contribution < 1.29 is 28.6 Å². The van der Waals surface area contributed by atoms with Gasteiger partial charge in [0.25, 0.3) is 11.8 Å². The van der Waals surface area contributed by atoms with Gasteiger partial charge >= 0.3 is 5.97 Å². The standard InChI is InChI=1S/C26H29FN2O5/c27-22-15-20(9-12-23(22)34-21-10-7-19(8-11-21)26(32)33)25(31)29-14-13-28-24(30)18-5-3-17(4-6-18)16-1-2-16/h3-6,9,12,15-16,19,21H,1-2,7-8,10-11,13-14H2,(H,28,30)(H,29,31)(H,32,33). The van der Waals surface area contributed by atoms with Crippen LogP contribution in [0.15, 0.2) is 42.5 Å². The molecule has 0 aromatic heterocycles. The van der Waals surface area contributed by atoms with Gasteiger partial charge in [0.15, 0.2) is 11.6 Å². The molecule has 34 heavy (non-hydrogen) atoms. The topological polar surface area (TPSA) is 105 Å². The number of ether oxygens (including phenoxy) is 1. The van der Waals surface area contributed by atoms with Crippen molar-refractivity contribution in [3.63, 3.8) is 0 Å². The Morgan fingerprint density at radius 1 is 0.853 bits per heavy atom. The molecule has 2 amide bonds. The van der Waals surface area contributed by atoms with Crippen molar-refractivity contribution in [1.82, 2.24) is 10.6 Å². The zero-order chi connectivity index (χ0) is 24.1. The second kappa shape index (κ2) is 10.7. The van der Waals surface area contributed by atoms with Gasteiger partial charge in [-0.2, -0.15) is 0 Å². The summed E-state index contributed by atoms with van der Waals surface area (Å²) in [4.78, 5) is 35.6. The van der Waals surface area contributed by atoms with Crippen molar-refractivity contribution in [2.75, 3.05) is 13.1 Å². The first-order valence-electron chi connectivity index (χ1n) is 11.8. The van der Waals surface area contributed by atoms with Crippen molar-refractivity contribution in [2.24, 2.45) is 5.92 Å². The van der Waals surface area contributed by atoms with Crippen LogP contribution in [-0.4, -0.2) is 42.1 Å². The van der Waals surface area contributed by atoms with Crippen LogP contribution in [0.2, 0.25) is 0 Å². The number of aliphatic carboxylic acids is 1. The third-order valence-electron chi connectivity index (χ3n) is 6.43. The molecule has 4 rings (SSSR count). The molecule has 180 valence electrons. The summed E-state index contributed by atoms with van der Waals surface area (Å²) in [5.74, 6) is -1.78. The van der Waals surface area contributed by atoms with E-state index in [2.05, 4.69) is 10.6 Å². The van der Waals surface area contributed by atoms with Gasteiger partial charge < -0.3 is 20.5 Å². The monoisotopic (exact) mass is 468 g/mol. The molecule has 2 aliphatic rings. The second-order valence-electron chi connectivity index (χ2n) is 8.98. The maximum absolute atomic E-state index is 14.5. The van der Waals surface area contributed by atoms with Crippen LogP contribution in [0.5, 0.6) is 5.75 Å². The quantitative estimate of drug-likeness (QED) is 0.485. The SMILES string of the molecule is O=C(NCCNC(=O)c1ccc(OC2CCC(C(=O)O)CC2)c(F)c1)c1ccc(C2CC2)cc1. The fraction of sp³-hybridized carbons (Fsp3) is 0.423. The minimum Gasteiger partial charge on any atom is -0.487 e. The molecule has 8 heteroatoms. The van der Waals surface area contributed by atoms with E-state index in [4.69, 9.17) is 9.84 Å². The zero-order valence-corrected chi connectivity index (χ0v) is 18.9. The third kappa shape index (κ3) is 6.12. The Bertz CT molecular complexity index is 1040. The normalized spacial score (nSPS) is 19.8. The van der Waals surface area contributed by atoms with Crippen LogP contribution in [0.1, 0.15) is 70.7 Å². The lowest BCUT2D eigenvalue weighted by Gasteiger charge is -2.27. The van der Waals surface area contributed by atoms with E-state index in [-0.39, 0.29) is 42.3 Å². The lowest BCUT2D eigenvalue weighted by molar-refractivity contribution is -0.143. The number of nitrogens with one attached hydrogen (secondary N) is 2. The molecule has 0 radical (unpaired) electrons. The van der Waals surface area contributed by atoms with Crippen LogP contribution in [0.4, 0.5) is 4.39 Å². The summed E-state index contributed by atoms with van der Waals surface area (Å²) in [6.07, 6.45) is 4.29. The molecule has 2 aromatic carbocycles. The Morgan fingerprint density at radius 3 is 2.00 bits per heavy atom. The van der Waals surface area contributed by atoms with Crippen molar-refractivity contribution in [3.05, 3.63) is 65.0 Å². The molecule has 3 N–H and O–H groups in total. The first-order valence-corrected chi connectivity index (χ1v) is 11.8. The van der Waals surface area contributed by atoms with E-state index in [1.165, 1.54) is 30.5 Å². The highest BCUT2D eigenvalue weighted by Crippen LogP contribution is 2.39. The predicted molar refractivity (Wildman–Crippen MR) is 123 cm³/mol. The van der Waals surface area contributed by atoms with Gasteiger partial charge in [0.05, 0.1) is 12.0 Å². The van der Waals surface area contributed by atoms with Gasteiger partial charge in [-0.25, -0.2) is 4.39 Å². The number of carboxylic acid groups (broad SMARTS) is 1. The molecular weight excluding hydrogens is 439 g/mol. The maximum atomic E-state index is 14.5. The van der Waals surface area contributed by atoms with Crippen molar-refractivity contribution in [2.45, 2.75) is 50.5 Å². The van der Waals surface area contributed by atoms with Gasteiger partial charge in [0.1, 0.15) is 0 Å². The summed E-state index contributed by atoms with van der Waals surface area (Å²) in [7, 11) is 0. The zero-order valence-electron chi connectivity index (χ0n) is 18.9. The summed E-state index contributed by atoms with van der Waals surface area (Å²) in [6.45, 7) is 0.453. The van der Waals surface area contributed by atoms with Crippen LogP contribution in [0, 0.1) is 11.7 Å². The maximum Gasteiger partial charge on any atom is 0.306 e. The fourth-order valence-corrected chi connectivity index (χ4v) is 4.22. The largest absolute Gasteiger partial charge is 0.487 e. The third-order valence-corrected chi connectivity index (χ3v) is 6.43. The van der Waals surface area contributed by atoms with Crippen molar-refractivity contribution in [3.8, 4) is 5.75 Å². The summed E-state index contributed by atoms with van der Waals surface area (Å²) in [5, 5.41) is 14.5. The van der Waals surface area contributed by atoms with E-state index in [1.54, 1.807) is 0 Å². The first kappa shape index (κ1) is 23.7. The van der Waals surface area contributed by atoms with Gasteiger partial charge in [-0.1, -0.05) is 12.1 Å². The molecule has 0 heterocycles. The van der Waals surface area contributed by atoms with Crippen molar-refractivity contribution >= 4 is 17.8 Å². The highest BCUT2D eigenvalue weighted by atomic mass is 19.1. The number of carbonyl (C=O) groups excluding carboxylic acids is 2. The summed E-state index contributed by atoms with van der Waals surface area (Å²) < 4.78 is 20.2. The number of halogens is 1. The van der Waals surface area contributed by atoms with Crippen LogP contribution in [-0.2, 0) is 4.79 Å². The minimum absolute atomic E-state index is 0.0512. The first-order chi connectivity index (χ1) is 16.4. The van der Waals surface area contributed by atoms with E-state index in [0.29, 0.717) is 37.2 Å². The molecule has 0 bridgehead atoms. The van der Waals surface area contributed by atoms with Gasteiger partial charge in [-0.05, 0) is 80.3 Å². The molecule has 0 aliphatic heterocycles. The lowest BCUT2D eigenvalue weighted by atomic mass is 9.87. The number of carbonyl (C=O) groups is 3. The van der Waals surface area contributed by atoms with Gasteiger partial charge in [0, 0.05) is 24.2 Å². The number of amides is 2. The average molecular weight is 469 g/mol. The smallest absolute Gasteiger partial charge is 0.306 e. The molecule has 2 aliphatic carbocycles. The molecule has 2 fully saturated rings. The van der Waals surface area contributed by atoms with Crippen molar-refractivity contribution in [1.29, 1.82) is 0 Å². The predicted octanol–water partition coefficient (Wildman–Crippen LogP) is 3.89. The average Bonchev–Trinajstić information content (AvgIpc) is 3.69. The van der Waals surface area contributed by atoms with E-state index >= 15 is 0 Å². The Labute approximate surface area is 197 Å². The number of hydrogen-bond donors (Lipinski definition) is 3. The number of carboxylic acids is 1. The number of rotatable bonds is 9. The molecule has 0 spiro atoms. The summed E-state index contributed by atoms with van der Waals surface area (Å²) in [5.41, 5.74) is 1.99. The Hall–Kier alpha value is -3.42. The lowest BCUT2D eigenvalue weighted by Crippen LogP contribution is -2.34. The fourth-order valence-electron chi connectivity index (χ4n) is 4.22. The highest BCUT2D eigenvalue weighted by Gasteiger charge is 2.27. The minimum atomic E-state index is -0.804.